The minimum atomic E-state index is -3.61. The van der Waals surface area contributed by atoms with E-state index in [1.54, 1.807) is 24.9 Å². The Labute approximate surface area is 173 Å². The van der Waals surface area contributed by atoms with Crippen molar-refractivity contribution in [2.75, 3.05) is 0 Å². The van der Waals surface area contributed by atoms with E-state index < -0.39 is 10.0 Å². The van der Waals surface area contributed by atoms with Crippen LogP contribution in [-0.4, -0.2) is 46.7 Å². The van der Waals surface area contributed by atoms with Gasteiger partial charge in [-0.15, -0.1) is 0 Å². The van der Waals surface area contributed by atoms with Crippen LogP contribution in [0.3, 0.4) is 0 Å². The van der Waals surface area contributed by atoms with Gasteiger partial charge < -0.3 is 5.32 Å². The summed E-state index contributed by atoms with van der Waals surface area (Å²) in [7, 11) is -1.82. The Hall–Kier alpha value is -1.70. The molecule has 1 aromatic heterocycles. The largest absolute Gasteiger partial charge is 0.309 e. The fourth-order valence-electron chi connectivity index (χ4n) is 6.19. The van der Waals surface area contributed by atoms with Crippen molar-refractivity contribution in [3.63, 3.8) is 0 Å². The minimum Gasteiger partial charge on any atom is -0.309 e. The summed E-state index contributed by atoms with van der Waals surface area (Å²) in [6.07, 6.45) is 6.59. The molecule has 2 aromatic rings. The molecule has 3 aliphatic rings. The van der Waals surface area contributed by atoms with Crippen molar-refractivity contribution in [3.8, 4) is 0 Å². The molecule has 0 amide bonds. The summed E-state index contributed by atoms with van der Waals surface area (Å²) in [5, 5.41) is 8.20. The van der Waals surface area contributed by atoms with Gasteiger partial charge in [-0.2, -0.15) is 9.40 Å². The second-order valence-electron chi connectivity index (χ2n) is 9.33. The molecule has 0 unspecified atom stereocenters. The Kier molecular flexibility index (Phi) is 4.42. The highest BCUT2D eigenvalue weighted by Gasteiger charge is 2.63. The number of aryl methyl sites for hydroxylation is 2. The highest BCUT2D eigenvalue weighted by Crippen LogP contribution is 2.55. The van der Waals surface area contributed by atoms with Gasteiger partial charge in [-0.1, -0.05) is 43.7 Å². The number of piperidine rings is 1. The third kappa shape index (κ3) is 2.89. The van der Waals surface area contributed by atoms with Crippen LogP contribution in [0.1, 0.15) is 43.9 Å². The third-order valence-electron chi connectivity index (χ3n) is 7.51. The molecule has 156 valence electrons. The predicted molar refractivity (Wildman–Crippen MR) is 112 cm³/mol. The number of fused-ring (bicyclic) bond motifs is 1. The van der Waals surface area contributed by atoms with Crippen LogP contribution >= 0.6 is 0 Å². The first-order chi connectivity index (χ1) is 13.8. The van der Waals surface area contributed by atoms with Gasteiger partial charge in [0, 0.05) is 42.8 Å². The third-order valence-corrected chi connectivity index (χ3v) is 9.55. The second-order valence-corrected chi connectivity index (χ2v) is 11.1. The zero-order chi connectivity index (χ0) is 20.4. The lowest BCUT2D eigenvalue weighted by molar-refractivity contribution is 0.100. The zero-order valence-corrected chi connectivity index (χ0v) is 18.2. The molecule has 1 N–H and O–H groups in total. The van der Waals surface area contributed by atoms with Gasteiger partial charge in [0.05, 0.1) is 5.69 Å². The van der Waals surface area contributed by atoms with Crippen molar-refractivity contribution >= 4 is 10.0 Å². The molecule has 1 aromatic carbocycles. The Bertz CT molecular complexity index is 1020. The number of hydrogen-bond acceptors (Lipinski definition) is 4. The second kappa shape index (κ2) is 6.65. The summed E-state index contributed by atoms with van der Waals surface area (Å²) in [5.41, 5.74) is 1.84. The SMILES string of the molecule is Cc1nn(C)cc1S(=O)(=O)N1[C@H]2CCC[C@H]3N[C@@H](Cc4ccccc4)[C@@H]1C[C@@]23C. The van der Waals surface area contributed by atoms with Gasteiger partial charge in [-0.25, -0.2) is 8.42 Å². The quantitative estimate of drug-likeness (QED) is 0.835. The molecular formula is C22H30N4O2S. The Morgan fingerprint density at radius 2 is 2.00 bits per heavy atom. The van der Waals surface area contributed by atoms with Gasteiger partial charge in [0.1, 0.15) is 4.90 Å². The van der Waals surface area contributed by atoms with Crippen LogP contribution in [0, 0.1) is 12.3 Å². The maximum atomic E-state index is 13.9. The maximum absolute atomic E-state index is 13.9. The molecule has 1 saturated carbocycles. The van der Waals surface area contributed by atoms with Gasteiger partial charge in [-0.3, -0.25) is 4.68 Å². The minimum absolute atomic E-state index is 0.000706. The fraction of sp³-hybridized carbons (Fsp3) is 0.591. The molecule has 2 aliphatic heterocycles. The summed E-state index contributed by atoms with van der Waals surface area (Å²) in [4.78, 5) is 0.358. The smallest absolute Gasteiger partial charge is 0.247 e. The van der Waals surface area contributed by atoms with Crippen molar-refractivity contribution in [2.24, 2.45) is 12.5 Å². The van der Waals surface area contributed by atoms with E-state index in [-0.39, 0.29) is 23.5 Å². The molecule has 5 rings (SSSR count). The van der Waals surface area contributed by atoms with E-state index >= 15 is 0 Å². The number of nitrogens with zero attached hydrogens (tertiary/aromatic N) is 3. The van der Waals surface area contributed by atoms with Crippen molar-refractivity contribution < 1.29 is 8.42 Å². The first-order valence-corrected chi connectivity index (χ1v) is 12.1. The van der Waals surface area contributed by atoms with Crippen LogP contribution in [0.25, 0.3) is 0 Å². The maximum Gasteiger partial charge on any atom is 0.247 e. The summed E-state index contributed by atoms with van der Waals surface area (Å²) in [6, 6.07) is 11.0. The molecule has 29 heavy (non-hydrogen) atoms. The Morgan fingerprint density at radius 1 is 1.24 bits per heavy atom. The van der Waals surface area contributed by atoms with E-state index in [1.807, 2.05) is 10.4 Å². The molecule has 0 radical (unpaired) electrons. The first-order valence-electron chi connectivity index (χ1n) is 10.6. The lowest BCUT2D eigenvalue weighted by Crippen LogP contribution is -2.58. The highest BCUT2D eigenvalue weighted by atomic mass is 32.2. The van der Waals surface area contributed by atoms with Crippen LogP contribution in [-0.2, 0) is 23.5 Å². The van der Waals surface area contributed by atoms with E-state index in [0.29, 0.717) is 16.6 Å². The number of rotatable bonds is 4. The highest BCUT2D eigenvalue weighted by molar-refractivity contribution is 7.89. The number of benzene rings is 1. The van der Waals surface area contributed by atoms with Crippen LogP contribution in [0.2, 0.25) is 0 Å². The van der Waals surface area contributed by atoms with E-state index in [1.165, 1.54) is 5.56 Å². The number of nitrogens with one attached hydrogen (secondary N) is 1. The van der Waals surface area contributed by atoms with E-state index in [0.717, 1.165) is 32.1 Å². The molecule has 2 saturated heterocycles. The Morgan fingerprint density at radius 3 is 2.69 bits per heavy atom. The molecule has 0 spiro atoms. The molecule has 3 heterocycles. The Balaban J connectivity index is 1.58. The van der Waals surface area contributed by atoms with Gasteiger partial charge >= 0.3 is 0 Å². The topological polar surface area (TPSA) is 67.2 Å². The zero-order valence-electron chi connectivity index (χ0n) is 17.4. The average molecular weight is 415 g/mol. The van der Waals surface area contributed by atoms with Crippen LogP contribution in [0.15, 0.2) is 41.4 Å². The monoisotopic (exact) mass is 414 g/mol. The fourth-order valence-corrected chi connectivity index (χ4v) is 8.38. The van der Waals surface area contributed by atoms with Crippen LogP contribution < -0.4 is 5.32 Å². The van der Waals surface area contributed by atoms with Gasteiger partial charge in [0.15, 0.2) is 0 Å². The lowest BCUT2D eigenvalue weighted by atomic mass is 9.65. The van der Waals surface area contributed by atoms with Gasteiger partial charge in [-0.05, 0) is 38.2 Å². The average Bonchev–Trinajstić information content (AvgIpc) is 3.19. The van der Waals surface area contributed by atoms with E-state index in [9.17, 15) is 8.42 Å². The summed E-state index contributed by atoms with van der Waals surface area (Å²) in [6.45, 7) is 4.09. The van der Waals surface area contributed by atoms with E-state index in [4.69, 9.17) is 0 Å². The van der Waals surface area contributed by atoms with E-state index in [2.05, 4.69) is 41.6 Å². The van der Waals surface area contributed by atoms with Gasteiger partial charge in [0.2, 0.25) is 10.0 Å². The molecular weight excluding hydrogens is 384 g/mol. The van der Waals surface area contributed by atoms with Crippen molar-refractivity contribution in [2.45, 2.75) is 75.0 Å². The van der Waals surface area contributed by atoms with Crippen LogP contribution in [0.4, 0.5) is 0 Å². The van der Waals surface area contributed by atoms with Crippen molar-refractivity contribution in [1.29, 1.82) is 0 Å². The molecule has 7 heteroatoms. The normalized spacial score (nSPS) is 34.4. The predicted octanol–water partition coefficient (Wildman–Crippen LogP) is 2.63. The molecule has 2 bridgehead atoms. The molecule has 3 fully saturated rings. The first kappa shape index (κ1) is 19.3. The van der Waals surface area contributed by atoms with Crippen LogP contribution in [0.5, 0.6) is 0 Å². The standard InChI is InChI=1S/C22H30N4O2S/c1-15-19(14-25(3)24-15)29(27,28)26-18-13-22(2)20(10-7-11-21(22)26)23-17(18)12-16-8-5-4-6-9-16/h4-6,8-9,14,17-18,20-21,23H,7,10-13H2,1-3H3/t17-,18-,20+,21-,22+/m0/s1. The van der Waals surface area contributed by atoms with Gasteiger partial charge in [0.25, 0.3) is 0 Å². The molecule has 5 atom stereocenters. The summed E-state index contributed by atoms with van der Waals surface area (Å²) in [5.74, 6) is 0. The number of sulfonamides is 1. The number of aromatic nitrogens is 2. The van der Waals surface area contributed by atoms with Crippen molar-refractivity contribution in [1.82, 2.24) is 19.4 Å². The number of hydrogen-bond donors (Lipinski definition) is 1. The lowest BCUT2D eigenvalue weighted by Gasteiger charge is -2.47. The summed E-state index contributed by atoms with van der Waals surface area (Å²) < 4.78 is 31.3. The molecule has 6 nitrogen and oxygen atoms in total. The van der Waals surface area contributed by atoms with Crippen molar-refractivity contribution in [3.05, 3.63) is 47.8 Å². The molecule has 1 aliphatic carbocycles. The summed E-state index contributed by atoms with van der Waals surface area (Å²) >= 11 is 0.